The Morgan fingerprint density at radius 1 is 1.55 bits per heavy atom. The minimum absolute atomic E-state index is 0. The summed E-state index contributed by atoms with van der Waals surface area (Å²) in [5.74, 6) is 0.538. The van der Waals surface area contributed by atoms with Crippen LogP contribution in [-0.2, 0) is 0 Å². The van der Waals surface area contributed by atoms with Crippen molar-refractivity contribution in [3.8, 4) is 0 Å². The van der Waals surface area contributed by atoms with Gasteiger partial charge in [0.1, 0.15) is 5.69 Å². The number of nitrogens with zero attached hydrogens (tertiary/aromatic N) is 1. The van der Waals surface area contributed by atoms with Gasteiger partial charge in [-0.3, -0.25) is 4.79 Å². The first-order chi connectivity index (χ1) is 8.99. The molecule has 1 amide bonds. The molecular weight excluding hydrogens is 342 g/mol. The number of rotatable bonds is 3. The second-order valence-corrected chi connectivity index (χ2v) is 6.51. The summed E-state index contributed by atoms with van der Waals surface area (Å²) in [5.41, 5.74) is 0.722. The lowest BCUT2D eigenvalue weighted by atomic mass is 9.95. The van der Waals surface area contributed by atoms with Gasteiger partial charge < -0.3 is 15.2 Å². The molecular formula is C14H23BrClN3O. The monoisotopic (exact) mass is 363 g/mol. The highest BCUT2D eigenvalue weighted by atomic mass is 79.9. The molecule has 0 saturated carbocycles. The Kier molecular flexibility index (Phi) is 6.55. The van der Waals surface area contributed by atoms with Crippen molar-refractivity contribution in [2.24, 2.45) is 5.92 Å². The molecule has 1 aliphatic heterocycles. The van der Waals surface area contributed by atoms with Gasteiger partial charge in [-0.05, 0) is 54.7 Å². The third kappa shape index (κ3) is 3.99. The van der Waals surface area contributed by atoms with Crippen molar-refractivity contribution in [2.45, 2.75) is 39.3 Å². The molecule has 0 spiro atoms. The van der Waals surface area contributed by atoms with E-state index in [1.807, 2.05) is 16.8 Å². The molecule has 2 unspecified atom stereocenters. The lowest BCUT2D eigenvalue weighted by Gasteiger charge is -2.30. The van der Waals surface area contributed by atoms with Crippen LogP contribution < -0.4 is 10.6 Å². The van der Waals surface area contributed by atoms with Crippen LogP contribution in [-0.4, -0.2) is 29.6 Å². The second kappa shape index (κ2) is 7.48. The summed E-state index contributed by atoms with van der Waals surface area (Å²) in [6.45, 7) is 8.25. The number of hydrogen-bond donors (Lipinski definition) is 2. The van der Waals surface area contributed by atoms with Gasteiger partial charge in [-0.1, -0.05) is 6.92 Å². The van der Waals surface area contributed by atoms with E-state index in [2.05, 4.69) is 47.3 Å². The van der Waals surface area contributed by atoms with Crippen molar-refractivity contribution in [1.29, 1.82) is 0 Å². The molecule has 1 aliphatic rings. The van der Waals surface area contributed by atoms with E-state index >= 15 is 0 Å². The van der Waals surface area contributed by atoms with Crippen LogP contribution in [0.3, 0.4) is 0 Å². The highest BCUT2D eigenvalue weighted by Gasteiger charge is 2.24. The van der Waals surface area contributed by atoms with E-state index in [1.165, 1.54) is 0 Å². The lowest BCUT2D eigenvalue weighted by molar-refractivity contribution is 0.0904. The van der Waals surface area contributed by atoms with E-state index in [9.17, 15) is 4.79 Å². The SMILES string of the molecule is CC1CCNCC1NC(=O)c1cc(Br)cn1C(C)C.Cl. The standard InChI is InChI=1S/C14H22BrN3O.ClH/c1-9(2)18-8-11(15)6-13(18)14(19)17-12-7-16-5-4-10(12)3;/h6,8-10,12,16H,4-5,7H2,1-3H3,(H,17,19);1H. The van der Waals surface area contributed by atoms with Crippen LogP contribution in [0, 0.1) is 5.92 Å². The summed E-state index contributed by atoms with van der Waals surface area (Å²) in [7, 11) is 0. The van der Waals surface area contributed by atoms with Crippen LogP contribution in [0.1, 0.15) is 43.7 Å². The number of aromatic nitrogens is 1. The van der Waals surface area contributed by atoms with Crippen LogP contribution in [0.2, 0.25) is 0 Å². The predicted octanol–water partition coefficient (Wildman–Crippen LogP) is 2.98. The smallest absolute Gasteiger partial charge is 0.268 e. The zero-order valence-electron chi connectivity index (χ0n) is 12.1. The third-order valence-corrected chi connectivity index (χ3v) is 4.18. The average Bonchev–Trinajstić information content (AvgIpc) is 2.74. The second-order valence-electron chi connectivity index (χ2n) is 5.59. The minimum Gasteiger partial charge on any atom is -0.346 e. The summed E-state index contributed by atoms with van der Waals surface area (Å²) in [6.07, 6.45) is 3.07. The van der Waals surface area contributed by atoms with Crippen molar-refractivity contribution in [1.82, 2.24) is 15.2 Å². The number of halogens is 2. The van der Waals surface area contributed by atoms with Crippen LogP contribution in [0.25, 0.3) is 0 Å². The summed E-state index contributed by atoms with van der Waals surface area (Å²) < 4.78 is 2.95. The van der Waals surface area contributed by atoms with Crippen LogP contribution >= 0.6 is 28.3 Å². The van der Waals surface area contributed by atoms with Crippen LogP contribution in [0.5, 0.6) is 0 Å². The first kappa shape index (κ1) is 17.5. The molecule has 1 aromatic rings. The Morgan fingerprint density at radius 3 is 2.85 bits per heavy atom. The maximum Gasteiger partial charge on any atom is 0.268 e. The number of carbonyl (C=O) groups excluding carboxylic acids is 1. The number of nitrogens with one attached hydrogen (secondary N) is 2. The Bertz CT molecular complexity index is 461. The van der Waals surface area contributed by atoms with Crippen molar-refractivity contribution >= 4 is 34.2 Å². The van der Waals surface area contributed by atoms with Gasteiger partial charge in [-0.15, -0.1) is 12.4 Å². The van der Waals surface area contributed by atoms with Gasteiger partial charge in [0.2, 0.25) is 0 Å². The minimum atomic E-state index is 0. The van der Waals surface area contributed by atoms with Crippen molar-refractivity contribution < 1.29 is 4.79 Å². The fourth-order valence-electron chi connectivity index (χ4n) is 2.48. The molecule has 2 heterocycles. The molecule has 1 fully saturated rings. The fourth-order valence-corrected chi connectivity index (χ4v) is 2.92. The van der Waals surface area contributed by atoms with Gasteiger partial charge in [0, 0.05) is 29.3 Å². The number of piperidine rings is 1. The van der Waals surface area contributed by atoms with E-state index in [0.717, 1.165) is 29.7 Å². The van der Waals surface area contributed by atoms with Gasteiger partial charge in [-0.2, -0.15) is 0 Å². The summed E-state index contributed by atoms with van der Waals surface area (Å²) in [6, 6.07) is 2.38. The molecule has 2 N–H and O–H groups in total. The number of amides is 1. The maximum atomic E-state index is 12.4. The van der Waals surface area contributed by atoms with E-state index in [4.69, 9.17) is 0 Å². The molecule has 6 heteroatoms. The fraction of sp³-hybridized carbons (Fsp3) is 0.643. The van der Waals surface area contributed by atoms with Gasteiger partial charge in [0.05, 0.1) is 0 Å². The normalized spacial score (nSPS) is 22.4. The van der Waals surface area contributed by atoms with E-state index < -0.39 is 0 Å². The van der Waals surface area contributed by atoms with Crippen LogP contribution in [0.15, 0.2) is 16.7 Å². The molecule has 0 radical (unpaired) electrons. The van der Waals surface area contributed by atoms with E-state index in [1.54, 1.807) is 0 Å². The van der Waals surface area contributed by atoms with E-state index in [0.29, 0.717) is 5.92 Å². The molecule has 1 saturated heterocycles. The molecule has 2 atom stereocenters. The Hall–Kier alpha value is -0.520. The largest absolute Gasteiger partial charge is 0.346 e. The topological polar surface area (TPSA) is 46.1 Å². The molecule has 0 aromatic carbocycles. The van der Waals surface area contributed by atoms with E-state index in [-0.39, 0.29) is 30.4 Å². The molecule has 20 heavy (non-hydrogen) atoms. The van der Waals surface area contributed by atoms with Gasteiger partial charge in [0.25, 0.3) is 5.91 Å². The molecule has 0 aliphatic carbocycles. The number of hydrogen-bond acceptors (Lipinski definition) is 2. The lowest BCUT2D eigenvalue weighted by Crippen LogP contribution is -2.50. The van der Waals surface area contributed by atoms with Crippen LogP contribution in [0.4, 0.5) is 0 Å². The molecule has 114 valence electrons. The Morgan fingerprint density at radius 2 is 2.25 bits per heavy atom. The average molecular weight is 365 g/mol. The van der Waals surface area contributed by atoms with Crippen molar-refractivity contribution in [3.63, 3.8) is 0 Å². The maximum absolute atomic E-state index is 12.4. The van der Waals surface area contributed by atoms with Gasteiger partial charge in [-0.25, -0.2) is 0 Å². The summed E-state index contributed by atoms with van der Waals surface area (Å²) >= 11 is 3.44. The summed E-state index contributed by atoms with van der Waals surface area (Å²) in [4.78, 5) is 12.4. The van der Waals surface area contributed by atoms with Gasteiger partial charge in [0.15, 0.2) is 0 Å². The van der Waals surface area contributed by atoms with Gasteiger partial charge >= 0.3 is 0 Å². The highest BCUT2D eigenvalue weighted by molar-refractivity contribution is 9.10. The third-order valence-electron chi connectivity index (χ3n) is 3.75. The molecule has 1 aromatic heterocycles. The molecule has 4 nitrogen and oxygen atoms in total. The van der Waals surface area contributed by atoms with Crippen molar-refractivity contribution in [3.05, 3.63) is 22.4 Å². The van der Waals surface area contributed by atoms with Crippen molar-refractivity contribution in [2.75, 3.05) is 13.1 Å². The summed E-state index contributed by atoms with van der Waals surface area (Å²) in [5, 5.41) is 6.48. The predicted molar refractivity (Wildman–Crippen MR) is 87.7 cm³/mol. The molecule has 2 rings (SSSR count). The first-order valence-electron chi connectivity index (χ1n) is 6.88. The number of carbonyl (C=O) groups is 1. The zero-order valence-corrected chi connectivity index (χ0v) is 14.6. The molecule has 0 bridgehead atoms. The first-order valence-corrected chi connectivity index (χ1v) is 7.67. The highest BCUT2D eigenvalue weighted by Crippen LogP contribution is 2.20. The zero-order chi connectivity index (χ0) is 14.0. The Labute approximate surface area is 135 Å². The Balaban J connectivity index is 0.00000200. The quantitative estimate of drug-likeness (QED) is 0.866.